The highest BCUT2D eigenvalue weighted by Crippen LogP contribution is 2.25. The molecule has 2 fully saturated rings. The summed E-state index contributed by atoms with van der Waals surface area (Å²) in [7, 11) is 0. The van der Waals surface area contributed by atoms with E-state index in [1.807, 2.05) is 0 Å². The van der Waals surface area contributed by atoms with Crippen molar-refractivity contribution < 1.29 is 22.6 Å². The van der Waals surface area contributed by atoms with E-state index in [-0.39, 0.29) is 12.1 Å². The van der Waals surface area contributed by atoms with Gasteiger partial charge in [-0.1, -0.05) is 0 Å². The second-order valence-electron chi connectivity index (χ2n) is 5.14. The van der Waals surface area contributed by atoms with E-state index in [1.54, 1.807) is 0 Å². The molecule has 1 saturated heterocycles. The zero-order valence-corrected chi connectivity index (χ0v) is 10.3. The number of hydrogen-bond acceptors (Lipinski definition) is 3. The molecule has 1 N–H and O–H groups in total. The van der Waals surface area contributed by atoms with Gasteiger partial charge in [-0.3, -0.25) is 0 Å². The molecule has 0 spiro atoms. The summed E-state index contributed by atoms with van der Waals surface area (Å²) in [6.07, 6.45) is -0.150. The van der Waals surface area contributed by atoms with Gasteiger partial charge >= 0.3 is 6.18 Å². The van der Waals surface area contributed by atoms with Crippen LogP contribution in [0.4, 0.5) is 13.2 Å². The fourth-order valence-corrected chi connectivity index (χ4v) is 2.66. The first-order valence-corrected chi connectivity index (χ1v) is 6.55. The topological polar surface area (TPSA) is 30.5 Å². The molecule has 1 heterocycles. The maximum atomic E-state index is 12.1. The van der Waals surface area contributed by atoms with Crippen molar-refractivity contribution in [1.82, 2.24) is 5.32 Å². The summed E-state index contributed by atoms with van der Waals surface area (Å²) in [5.74, 6) is 0. The first-order chi connectivity index (χ1) is 8.53. The van der Waals surface area contributed by atoms with Crippen LogP contribution in [0.15, 0.2) is 0 Å². The van der Waals surface area contributed by atoms with Crippen molar-refractivity contribution in [2.24, 2.45) is 0 Å². The molecule has 6 heteroatoms. The molecule has 0 aromatic carbocycles. The standard InChI is InChI=1S/C12H20F3NO2/c13-12(14,15)8-18-11-3-1-2-9(6-11)16-10-4-5-17-7-10/h9-11,16H,1-8H2. The van der Waals surface area contributed by atoms with E-state index in [2.05, 4.69) is 5.32 Å². The average Bonchev–Trinajstić information content (AvgIpc) is 2.79. The van der Waals surface area contributed by atoms with Crippen LogP contribution in [0.3, 0.4) is 0 Å². The minimum absolute atomic E-state index is 0.264. The van der Waals surface area contributed by atoms with Crippen LogP contribution in [0.5, 0.6) is 0 Å². The van der Waals surface area contributed by atoms with Crippen molar-refractivity contribution in [2.45, 2.75) is 56.5 Å². The maximum absolute atomic E-state index is 12.1. The largest absolute Gasteiger partial charge is 0.411 e. The highest BCUT2D eigenvalue weighted by Gasteiger charge is 2.31. The van der Waals surface area contributed by atoms with Gasteiger partial charge in [0.2, 0.25) is 0 Å². The summed E-state index contributed by atoms with van der Waals surface area (Å²) in [6.45, 7) is 0.361. The van der Waals surface area contributed by atoms with Crippen LogP contribution >= 0.6 is 0 Å². The molecule has 18 heavy (non-hydrogen) atoms. The average molecular weight is 267 g/mol. The first-order valence-electron chi connectivity index (χ1n) is 6.55. The second kappa shape index (κ2) is 6.21. The second-order valence-corrected chi connectivity index (χ2v) is 5.14. The molecule has 3 unspecified atom stereocenters. The minimum atomic E-state index is -4.22. The van der Waals surface area contributed by atoms with Gasteiger partial charge in [0.15, 0.2) is 0 Å². The lowest BCUT2D eigenvalue weighted by molar-refractivity contribution is -0.188. The Morgan fingerprint density at radius 2 is 2.00 bits per heavy atom. The molecule has 3 nitrogen and oxygen atoms in total. The number of alkyl halides is 3. The Bertz CT molecular complexity index is 254. The zero-order chi connectivity index (χ0) is 13.0. The summed E-state index contributed by atoms with van der Waals surface area (Å²) >= 11 is 0. The molecule has 1 saturated carbocycles. The Hall–Kier alpha value is -0.330. The van der Waals surface area contributed by atoms with Gasteiger partial charge in [0, 0.05) is 18.7 Å². The molecule has 0 aromatic heterocycles. The summed E-state index contributed by atoms with van der Waals surface area (Å²) < 4.78 is 46.5. The van der Waals surface area contributed by atoms with Crippen LogP contribution < -0.4 is 5.32 Å². The Morgan fingerprint density at radius 1 is 1.17 bits per heavy atom. The third-order valence-electron chi connectivity index (χ3n) is 3.51. The molecule has 3 atom stereocenters. The molecule has 1 aliphatic heterocycles. The van der Waals surface area contributed by atoms with E-state index in [1.165, 1.54) is 0 Å². The van der Waals surface area contributed by atoms with Crippen molar-refractivity contribution in [3.63, 3.8) is 0 Å². The van der Waals surface area contributed by atoms with Crippen LogP contribution in [0.25, 0.3) is 0 Å². The number of halogens is 3. The molecular formula is C12H20F3NO2. The van der Waals surface area contributed by atoms with Crippen LogP contribution in [-0.2, 0) is 9.47 Å². The summed E-state index contributed by atoms with van der Waals surface area (Å²) in [5.41, 5.74) is 0. The van der Waals surface area contributed by atoms with E-state index in [0.29, 0.717) is 19.1 Å². The number of rotatable bonds is 4. The predicted molar refractivity (Wildman–Crippen MR) is 60.4 cm³/mol. The Kier molecular flexibility index (Phi) is 4.86. The van der Waals surface area contributed by atoms with Gasteiger partial charge in [0.1, 0.15) is 6.61 Å². The van der Waals surface area contributed by atoms with E-state index < -0.39 is 12.8 Å². The lowest BCUT2D eigenvalue weighted by atomic mass is 9.92. The van der Waals surface area contributed by atoms with Crippen LogP contribution in [0, 0.1) is 0 Å². The molecule has 0 aromatic rings. The minimum Gasteiger partial charge on any atom is -0.380 e. The lowest BCUT2D eigenvalue weighted by Gasteiger charge is -2.31. The molecule has 0 bridgehead atoms. The quantitative estimate of drug-likeness (QED) is 0.847. The van der Waals surface area contributed by atoms with E-state index in [9.17, 15) is 13.2 Å². The van der Waals surface area contributed by atoms with Crippen molar-refractivity contribution in [3.8, 4) is 0 Å². The van der Waals surface area contributed by atoms with Crippen LogP contribution in [-0.4, -0.2) is 44.2 Å². The summed E-state index contributed by atoms with van der Waals surface area (Å²) in [6, 6.07) is 0.625. The van der Waals surface area contributed by atoms with Crippen molar-refractivity contribution in [3.05, 3.63) is 0 Å². The van der Waals surface area contributed by atoms with E-state index >= 15 is 0 Å². The Balaban J connectivity index is 1.70. The van der Waals surface area contributed by atoms with Gasteiger partial charge in [-0.2, -0.15) is 13.2 Å². The fourth-order valence-electron chi connectivity index (χ4n) is 2.66. The molecule has 0 amide bonds. The molecule has 2 aliphatic rings. The SMILES string of the molecule is FC(F)(F)COC1CCCC(NC2CCOC2)C1. The summed E-state index contributed by atoms with van der Waals surface area (Å²) in [5, 5.41) is 3.46. The predicted octanol–water partition coefficient (Wildman–Crippen LogP) is 2.25. The first kappa shape index (κ1) is 14.1. The Morgan fingerprint density at radius 3 is 2.67 bits per heavy atom. The van der Waals surface area contributed by atoms with Crippen molar-refractivity contribution >= 4 is 0 Å². The van der Waals surface area contributed by atoms with Gasteiger partial charge in [-0.15, -0.1) is 0 Å². The van der Waals surface area contributed by atoms with Gasteiger partial charge in [-0.05, 0) is 32.1 Å². The van der Waals surface area contributed by atoms with E-state index in [4.69, 9.17) is 9.47 Å². The highest BCUT2D eigenvalue weighted by atomic mass is 19.4. The molecule has 106 valence electrons. The van der Waals surface area contributed by atoms with Crippen LogP contribution in [0.1, 0.15) is 32.1 Å². The zero-order valence-electron chi connectivity index (χ0n) is 10.3. The third-order valence-corrected chi connectivity index (χ3v) is 3.51. The maximum Gasteiger partial charge on any atom is 0.411 e. The van der Waals surface area contributed by atoms with Crippen LogP contribution in [0.2, 0.25) is 0 Å². The number of nitrogens with one attached hydrogen (secondary N) is 1. The van der Waals surface area contributed by atoms with E-state index in [0.717, 1.165) is 32.3 Å². The molecule has 0 radical (unpaired) electrons. The number of ether oxygens (including phenoxy) is 2. The monoisotopic (exact) mass is 267 g/mol. The Labute approximate surface area is 105 Å². The van der Waals surface area contributed by atoms with Gasteiger partial charge in [0.05, 0.1) is 12.7 Å². The highest BCUT2D eigenvalue weighted by molar-refractivity contribution is 4.83. The fraction of sp³-hybridized carbons (Fsp3) is 1.00. The van der Waals surface area contributed by atoms with Gasteiger partial charge in [0.25, 0.3) is 0 Å². The normalized spacial score (nSPS) is 33.8. The summed E-state index contributed by atoms with van der Waals surface area (Å²) in [4.78, 5) is 0. The molecular weight excluding hydrogens is 247 g/mol. The van der Waals surface area contributed by atoms with Crippen molar-refractivity contribution in [2.75, 3.05) is 19.8 Å². The smallest absolute Gasteiger partial charge is 0.380 e. The number of hydrogen-bond donors (Lipinski definition) is 1. The lowest BCUT2D eigenvalue weighted by Crippen LogP contribution is -2.43. The molecule has 2 rings (SSSR count). The molecule has 1 aliphatic carbocycles. The van der Waals surface area contributed by atoms with Crippen molar-refractivity contribution in [1.29, 1.82) is 0 Å². The van der Waals surface area contributed by atoms with Gasteiger partial charge in [-0.25, -0.2) is 0 Å². The van der Waals surface area contributed by atoms with Gasteiger partial charge < -0.3 is 14.8 Å². The third kappa shape index (κ3) is 4.74.